The van der Waals surface area contributed by atoms with Crippen LogP contribution in [-0.4, -0.2) is 21.8 Å². The molecule has 1 aromatic carbocycles. The highest BCUT2D eigenvalue weighted by atomic mass is 32.2. The zero-order valence-corrected chi connectivity index (χ0v) is 10.8. The van der Waals surface area contributed by atoms with Crippen molar-refractivity contribution in [3.05, 3.63) is 36.7 Å². The van der Waals surface area contributed by atoms with Crippen LogP contribution in [0.15, 0.2) is 36.7 Å². The van der Waals surface area contributed by atoms with Gasteiger partial charge in [-0.2, -0.15) is 16.9 Å². The minimum absolute atomic E-state index is 0.789. The molecule has 1 heterocycles. The van der Waals surface area contributed by atoms with E-state index in [1.54, 1.807) is 0 Å². The molecule has 0 fully saturated rings. The smallest absolute Gasteiger partial charge is 0.0568 e. The van der Waals surface area contributed by atoms with E-state index in [9.17, 15) is 0 Å². The Morgan fingerprint density at radius 1 is 1.35 bits per heavy atom. The highest BCUT2D eigenvalue weighted by Gasteiger charge is 2.01. The van der Waals surface area contributed by atoms with Crippen molar-refractivity contribution in [1.82, 2.24) is 9.78 Å². The number of hydrogen-bond donors (Lipinski definition) is 1. The highest BCUT2D eigenvalue weighted by Crippen LogP contribution is 2.20. The van der Waals surface area contributed by atoms with Crippen LogP contribution in [0.4, 0.5) is 5.69 Å². The molecule has 0 saturated carbocycles. The highest BCUT2D eigenvalue weighted by molar-refractivity contribution is 7.98. The molecule has 0 atom stereocenters. The molecule has 0 radical (unpaired) electrons. The van der Waals surface area contributed by atoms with Gasteiger partial charge in [-0.15, -0.1) is 0 Å². The summed E-state index contributed by atoms with van der Waals surface area (Å²) >= 11 is 1.87. The Morgan fingerprint density at radius 2 is 2.24 bits per heavy atom. The number of aromatic nitrogens is 2. The van der Waals surface area contributed by atoms with Crippen LogP contribution >= 0.6 is 11.8 Å². The fourth-order valence-electron chi connectivity index (χ4n) is 1.72. The van der Waals surface area contributed by atoms with Crippen molar-refractivity contribution in [3.63, 3.8) is 0 Å². The molecule has 0 saturated heterocycles. The molecule has 2 rings (SSSR count). The standard InChI is InChI=1S/C13H17N3S/c1-17-7-3-6-16-10-12(9-15-16)11-4-2-5-13(14)8-11/h2,4-5,8-10H,3,6-7,14H2,1H3. The van der Waals surface area contributed by atoms with Gasteiger partial charge in [0.25, 0.3) is 0 Å². The zero-order valence-electron chi connectivity index (χ0n) is 9.97. The van der Waals surface area contributed by atoms with E-state index in [0.717, 1.165) is 29.8 Å². The second-order valence-electron chi connectivity index (χ2n) is 3.96. The lowest BCUT2D eigenvalue weighted by molar-refractivity contribution is 0.606. The van der Waals surface area contributed by atoms with Crippen LogP contribution in [0.2, 0.25) is 0 Å². The van der Waals surface area contributed by atoms with Crippen LogP contribution < -0.4 is 5.73 Å². The summed E-state index contributed by atoms with van der Waals surface area (Å²) in [5.74, 6) is 1.17. The summed E-state index contributed by atoms with van der Waals surface area (Å²) in [5.41, 5.74) is 8.81. The summed E-state index contributed by atoms with van der Waals surface area (Å²) in [4.78, 5) is 0. The number of aryl methyl sites for hydroxylation is 1. The zero-order chi connectivity index (χ0) is 12.1. The largest absolute Gasteiger partial charge is 0.399 e. The maximum absolute atomic E-state index is 5.77. The van der Waals surface area contributed by atoms with Gasteiger partial charge in [0.1, 0.15) is 0 Å². The lowest BCUT2D eigenvalue weighted by Crippen LogP contribution is -1.98. The molecule has 0 unspecified atom stereocenters. The van der Waals surface area contributed by atoms with E-state index in [0.29, 0.717) is 0 Å². The maximum atomic E-state index is 5.77. The molecule has 2 N–H and O–H groups in total. The van der Waals surface area contributed by atoms with Crippen molar-refractivity contribution in [3.8, 4) is 11.1 Å². The van der Waals surface area contributed by atoms with E-state index >= 15 is 0 Å². The number of nitrogen functional groups attached to an aromatic ring is 1. The van der Waals surface area contributed by atoms with E-state index in [1.807, 2.05) is 40.8 Å². The first-order valence-corrected chi connectivity index (χ1v) is 7.06. The number of rotatable bonds is 5. The van der Waals surface area contributed by atoms with Gasteiger partial charge < -0.3 is 5.73 Å². The van der Waals surface area contributed by atoms with Gasteiger partial charge in [-0.25, -0.2) is 0 Å². The number of anilines is 1. The van der Waals surface area contributed by atoms with Gasteiger partial charge in [-0.1, -0.05) is 12.1 Å². The number of hydrogen-bond acceptors (Lipinski definition) is 3. The minimum atomic E-state index is 0.789. The second kappa shape index (κ2) is 5.77. The SMILES string of the molecule is CSCCCn1cc(-c2cccc(N)c2)cn1. The average molecular weight is 247 g/mol. The molecule has 3 nitrogen and oxygen atoms in total. The summed E-state index contributed by atoms with van der Waals surface area (Å²) < 4.78 is 1.99. The van der Waals surface area contributed by atoms with Crippen LogP contribution in [0.25, 0.3) is 11.1 Å². The van der Waals surface area contributed by atoms with Gasteiger partial charge in [0.2, 0.25) is 0 Å². The second-order valence-corrected chi connectivity index (χ2v) is 4.95. The van der Waals surface area contributed by atoms with Crippen LogP contribution in [0.3, 0.4) is 0 Å². The molecule has 90 valence electrons. The number of nitrogens with two attached hydrogens (primary N) is 1. The van der Waals surface area contributed by atoms with Gasteiger partial charge in [0, 0.05) is 24.0 Å². The Balaban J connectivity index is 2.07. The van der Waals surface area contributed by atoms with Gasteiger partial charge >= 0.3 is 0 Å². The van der Waals surface area contributed by atoms with Crippen LogP contribution in [0.5, 0.6) is 0 Å². The van der Waals surface area contributed by atoms with Gasteiger partial charge in [-0.05, 0) is 36.1 Å². The summed E-state index contributed by atoms with van der Waals surface area (Å²) in [5, 5.41) is 4.36. The summed E-state index contributed by atoms with van der Waals surface area (Å²) in [7, 11) is 0. The van der Waals surface area contributed by atoms with E-state index in [-0.39, 0.29) is 0 Å². The first-order chi connectivity index (χ1) is 8.29. The Kier molecular flexibility index (Phi) is 4.09. The van der Waals surface area contributed by atoms with Gasteiger partial charge in [-0.3, -0.25) is 4.68 Å². The van der Waals surface area contributed by atoms with Crippen LogP contribution in [0, 0.1) is 0 Å². The number of thioether (sulfide) groups is 1. The Hall–Kier alpha value is -1.42. The van der Waals surface area contributed by atoms with Crippen molar-refractivity contribution in [2.24, 2.45) is 0 Å². The fraction of sp³-hybridized carbons (Fsp3) is 0.308. The molecule has 0 aliphatic heterocycles. The first-order valence-electron chi connectivity index (χ1n) is 5.67. The fourth-order valence-corrected chi connectivity index (χ4v) is 2.14. The van der Waals surface area contributed by atoms with Gasteiger partial charge in [0.05, 0.1) is 6.20 Å². The molecule has 0 spiro atoms. The lowest BCUT2D eigenvalue weighted by Gasteiger charge is -2.00. The molecular weight excluding hydrogens is 230 g/mol. The van der Waals surface area contributed by atoms with Crippen LogP contribution in [-0.2, 0) is 6.54 Å². The molecule has 17 heavy (non-hydrogen) atoms. The van der Waals surface area contributed by atoms with E-state index < -0.39 is 0 Å². The van der Waals surface area contributed by atoms with Crippen molar-refractivity contribution in [1.29, 1.82) is 0 Å². The third kappa shape index (κ3) is 3.27. The first kappa shape index (κ1) is 12.0. The normalized spacial score (nSPS) is 10.6. The molecule has 4 heteroatoms. The van der Waals surface area contributed by atoms with Crippen molar-refractivity contribution in [2.75, 3.05) is 17.7 Å². The summed E-state index contributed by atoms with van der Waals surface area (Å²) in [6.07, 6.45) is 7.25. The molecule has 0 amide bonds. The quantitative estimate of drug-likeness (QED) is 0.652. The lowest BCUT2D eigenvalue weighted by atomic mass is 10.1. The third-order valence-corrected chi connectivity index (χ3v) is 3.29. The molecule has 0 bridgehead atoms. The molecule has 1 aromatic heterocycles. The number of nitrogens with zero attached hydrogens (tertiary/aromatic N) is 2. The van der Waals surface area contributed by atoms with E-state index in [4.69, 9.17) is 5.73 Å². The molecule has 0 aliphatic carbocycles. The monoisotopic (exact) mass is 247 g/mol. The van der Waals surface area contributed by atoms with Crippen molar-refractivity contribution >= 4 is 17.4 Å². The molecular formula is C13H17N3S. The van der Waals surface area contributed by atoms with E-state index in [1.165, 1.54) is 5.75 Å². The Morgan fingerprint density at radius 3 is 3.00 bits per heavy atom. The summed E-state index contributed by atoms with van der Waals surface area (Å²) in [6.45, 7) is 0.975. The van der Waals surface area contributed by atoms with Crippen molar-refractivity contribution < 1.29 is 0 Å². The Labute approximate surface area is 106 Å². The summed E-state index contributed by atoms with van der Waals surface area (Å²) in [6, 6.07) is 7.89. The van der Waals surface area contributed by atoms with Crippen LogP contribution in [0.1, 0.15) is 6.42 Å². The Bertz CT molecular complexity index is 479. The van der Waals surface area contributed by atoms with E-state index in [2.05, 4.69) is 23.6 Å². The topological polar surface area (TPSA) is 43.8 Å². The maximum Gasteiger partial charge on any atom is 0.0568 e. The molecule has 0 aliphatic rings. The predicted octanol–water partition coefficient (Wildman–Crippen LogP) is 2.89. The van der Waals surface area contributed by atoms with Gasteiger partial charge in [0.15, 0.2) is 0 Å². The number of benzene rings is 1. The minimum Gasteiger partial charge on any atom is -0.399 e. The molecule has 2 aromatic rings. The van der Waals surface area contributed by atoms with Crippen molar-refractivity contribution in [2.45, 2.75) is 13.0 Å². The third-order valence-electron chi connectivity index (χ3n) is 2.59. The predicted molar refractivity (Wildman–Crippen MR) is 75.1 cm³/mol. The average Bonchev–Trinajstić information content (AvgIpc) is 2.78.